The Morgan fingerprint density at radius 3 is 2.80 bits per heavy atom. The van der Waals surface area contributed by atoms with E-state index in [4.69, 9.17) is 4.42 Å². The lowest BCUT2D eigenvalue weighted by Crippen LogP contribution is -2.60. The van der Waals surface area contributed by atoms with Crippen molar-refractivity contribution in [3.8, 4) is 0 Å². The molecule has 0 radical (unpaired) electrons. The van der Waals surface area contributed by atoms with Gasteiger partial charge in [-0.05, 0) is 19.1 Å². The molecule has 2 N–H and O–H groups in total. The quantitative estimate of drug-likeness (QED) is 0.578. The van der Waals surface area contributed by atoms with Crippen LogP contribution in [0.2, 0.25) is 0 Å². The Kier molecular flexibility index (Phi) is 3.95. The van der Waals surface area contributed by atoms with Crippen LogP contribution in [0.5, 0.6) is 0 Å². The van der Waals surface area contributed by atoms with Crippen molar-refractivity contribution in [1.29, 1.82) is 0 Å². The number of quaternary nitrogens is 1. The molecule has 2 rings (SSSR count). The van der Waals surface area contributed by atoms with Gasteiger partial charge in [-0.1, -0.05) is 0 Å². The number of rotatable bonds is 3. The maximum Gasteiger partial charge on any atom is 0.521 e. The number of nitrogens with zero attached hydrogens (tertiary/aromatic N) is 1. The number of carboxylic acid groups (broad SMARTS) is 1. The SMILES string of the molecule is C[C@@H]1CC(O)(Cc2ccco2)C[N+]1(C(=O)O)C(=O)CS. The molecule has 3 atom stereocenters. The Balaban J connectivity index is 2.30. The lowest BCUT2D eigenvalue weighted by Gasteiger charge is -2.29. The van der Waals surface area contributed by atoms with Crippen molar-refractivity contribution in [2.45, 2.75) is 31.4 Å². The van der Waals surface area contributed by atoms with Gasteiger partial charge in [-0.25, -0.2) is 4.79 Å². The van der Waals surface area contributed by atoms with Crippen molar-refractivity contribution in [2.24, 2.45) is 0 Å². The van der Waals surface area contributed by atoms with Gasteiger partial charge < -0.3 is 14.6 Å². The van der Waals surface area contributed by atoms with Crippen LogP contribution in [-0.2, 0) is 11.2 Å². The summed E-state index contributed by atoms with van der Waals surface area (Å²) < 4.78 is 4.42. The fourth-order valence-corrected chi connectivity index (χ4v) is 3.33. The highest BCUT2D eigenvalue weighted by Crippen LogP contribution is 2.37. The maximum absolute atomic E-state index is 12.1. The van der Waals surface area contributed by atoms with Crippen molar-refractivity contribution < 1.29 is 28.7 Å². The molecule has 2 amide bonds. The van der Waals surface area contributed by atoms with E-state index in [1.54, 1.807) is 19.1 Å². The Morgan fingerprint density at radius 2 is 2.30 bits per heavy atom. The van der Waals surface area contributed by atoms with E-state index in [9.17, 15) is 19.8 Å². The zero-order valence-corrected chi connectivity index (χ0v) is 12.0. The first-order valence-corrected chi connectivity index (χ1v) is 6.97. The number of hydrogen-bond donors (Lipinski definition) is 3. The first-order valence-electron chi connectivity index (χ1n) is 6.34. The number of furan rings is 1. The van der Waals surface area contributed by atoms with Crippen LogP contribution in [0.15, 0.2) is 22.8 Å². The summed E-state index contributed by atoms with van der Waals surface area (Å²) in [5.74, 6) is -0.111. The van der Waals surface area contributed by atoms with Crippen molar-refractivity contribution >= 4 is 24.6 Å². The molecule has 7 heteroatoms. The van der Waals surface area contributed by atoms with Crippen molar-refractivity contribution in [1.82, 2.24) is 0 Å². The van der Waals surface area contributed by atoms with Gasteiger partial charge in [0.25, 0.3) is 0 Å². The Labute approximate surface area is 122 Å². The second-order valence-electron chi connectivity index (χ2n) is 5.39. The molecule has 20 heavy (non-hydrogen) atoms. The summed E-state index contributed by atoms with van der Waals surface area (Å²) >= 11 is 3.90. The second kappa shape index (κ2) is 5.23. The molecule has 2 unspecified atom stereocenters. The summed E-state index contributed by atoms with van der Waals surface area (Å²) in [4.78, 5) is 23.7. The molecule has 0 bridgehead atoms. The molecule has 1 saturated heterocycles. The third kappa shape index (κ3) is 2.36. The summed E-state index contributed by atoms with van der Waals surface area (Å²) in [6, 6.07) is 2.92. The third-order valence-electron chi connectivity index (χ3n) is 3.98. The summed E-state index contributed by atoms with van der Waals surface area (Å²) in [6.07, 6.45) is 0.665. The van der Waals surface area contributed by atoms with Crippen molar-refractivity contribution in [3.05, 3.63) is 24.2 Å². The topological polar surface area (TPSA) is 87.7 Å². The van der Waals surface area contributed by atoms with Gasteiger partial charge in [-0.15, -0.1) is 0 Å². The molecule has 1 fully saturated rings. The molecule has 110 valence electrons. The van der Waals surface area contributed by atoms with E-state index in [2.05, 4.69) is 12.6 Å². The Bertz CT molecular complexity index is 517. The lowest BCUT2D eigenvalue weighted by molar-refractivity contribution is -0.794. The number of likely N-dealkylation sites (tertiary alicyclic amines) is 1. The minimum absolute atomic E-state index is 0.163. The smallest absolute Gasteiger partial charge is 0.469 e. The molecule has 1 aromatic rings. The van der Waals surface area contributed by atoms with Crippen LogP contribution in [0.4, 0.5) is 4.79 Å². The average Bonchev–Trinajstić information content (AvgIpc) is 2.95. The molecular formula is C13H18NO5S+. The number of carbonyl (C=O) groups excluding carboxylic acids is 1. The van der Waals surface area contributed by atoms with Crippen LogP contribution in [-0.4, -0.2) is 50.6 Å². The standard InChI is InChI=1S/C13H17NO5S/c1-9-5-13(18,6-10-3-2-4-19-10)8-14(9,12(16)17)11(15)7-20/h2-4,9,18H,5-8H2,1H3,(H-,16,17,20)/p+1/t9-,13?,14?/m1/s1. The van der Waals surface area contributed by atoms with Gasteiger partial charge >= 0.3 is 12.0 Å². The second-order valence-corrected chi connectivity index (χ2v) is 5.71. The van der Waals surface area contributed by atoms with E-state index in [0.29, 0.717) is 5.76 Å². The van der Waals surface area contributed by atoms with E-state index in [0.717, 1.165) is 0 Å². The van der Waals surface area contributed by atoms with Crippen LogP contribution in [0.25, 0.3) is 0 Å². The maximum atomic E-state index is 12.1. The summed E-state index contributed by atoms with van der Waals surface area (Å²) in [6.45, 7) is 1.50. The van der Waals surface area contributed by atoms with Gasteiger partial charge in [-0.2, -0.15) is 21.9 Å². The summed E-state index contributed by atoms with van der Waals surface area (Å²) in [5, 5.41) is 20.1. The van der Waals surface area contributed by atoms with E-state index in [1.807, 2.05) is 0 Å². The highest BCUT2D eigenvalue weighted by atomic mass is 32.1. The number of thiol groups is 1. The van der Waals surface area contributed by atoms with E-state index >= 15 is 0 Å². The van der Waals surface area contributed by atoms with Crippen LogP contribution in [0.3, 0.4) is 0 Å². The largest absolute Gasteiger partial charge is 0.521 e. The molecule has 0 aromatic carbocycles. The minimum atomic E-state index is -1.27. The van der Waals surface area contributed by atoms with Crippen molar-refractivity contribution in [3.63, 3.8) is 0 Å². The highest BCUT2D eigenvalue weighted by Gasteiger charge is 2.61. The van der Waals surface area contributed by atoms with E-state index in [1.165, 1.54) is 6.26 Å². The molecule has 1 aliphatic rings. The van der Waals surface area contributed by atoms with E-state index < -0.39 is 28.1 Å². The van der Waals surface area contributed by atoms with Crippen molar-refractivity contribution in [2.75, 3.05) is 12.3 Å². The lowest BCUT2D eigenvalue weighted by atomic mass is 9.95. The number of hydrogen-bond acceptors (Lipinski definition) is 5. The molecule has 0 spiro atoms. The van der Waals surface area contributed by atoms with Gasteiger partial charge in [0, 0.05) is 12.8 Å². The number of carbonyl (C=O) groups is 2. The highest BCUT2D eigenvalue weighted by molar-refractivity contribution is 7.81. The summed E-state index contributed by atoms with van der Waals surface area (Å²) in [5.41, 5.74) is -1.27. The molecule has 2 heterocycles. The van der Waals surface area contributed by atoms with Crippen LogP contribution < -0.4 is 0 Å². The molecule has 1 aliphatic heterocycles. The van der Waals surface area contributed by atoms with Crippen LogP contribution in [0, 0.1) is 0 Å². The zero-order chi connectivity index (χ0) is 15.0. The normalized spacial score (nSPS) is 33.2. The van der Waals surface area contributed by atoms with Crippen LogP contribution >= 0.6 is 12.6 Å². The first-order chi connectivity index (χ1) is 9.34. The van der Waals surface area contributed by atoms with Gasteiger partial charge in [0.1, 0.15) is 29.7 Å². The molecule has 0 saturated carbocycles. The van der Waals surface area contributed by atoms with Gasteiger partial charge in [-0.3, -0.25) is 0 Å². The average molecular weight is 300 g/mol. The molecule has 6 nitrogen and oxygen atoms in total. The Hall–Kier alpha value is -1.31. The zero-order valence-electron chi connectivity index (χ0n) is 11.2. The molecule has 1 aromatic heterocycles. The van der Waals surface area contributed by atoms with E-state index in [-0.39, 0.29) is 25.1 Å². The fraction of sp³-hybridized carbons (Fsp3) is 0.538. The first kappa shape index (κ1) is 15.1. The van der Waals surface area contributed by atoms with Crippen LogP contribution in [0.1, 0.15) is 19.1 Å². The van der Waals surface area contributed by atoms with Gasteiger partial charge in [0.15, 0.2) is 0 Å². The summed E-state index contributed by atoms with van der Waals surface area (Å²) in [7, 11) is 0. The number of aliphatic hydroxyl groups is 1. The third-order valence-corrected chi connectivity index (χ3v) is 4.25. The predicted molar refractivity (Wildman–Crippen MR) is 73.5 cm³/mol. The number of imide groups is 1. The minimum Gasteiger partial charge on any atom is -0.469 e. The monoisotopic (exact) mass is 300 g/mol. The van der Waals surface area contributed by atoms with Gasteiger partial charge in [0.05, 0.1) is 6.26 Å². The Morgan fingerprint density at radius 1 is 1.60 bits per heavy atom. The molecule has 0 aliphatic carbocycles. The molecular weight excluding hydrogens is 282 g/mol. The number of amides is 2. The fourth-order valence-electron chi connectivity index (χ4n) is 3.08. The van der Waals surface area contributed by atoms with Gasteiger partial charge in [0.2, 0.25) is 0 Å². The predicted octanol–water partition coefficient (Wildman–Crippen LogP) is 1.30.